The Labute approximate surface area is 154 Å². The van der Waals surface area contributed by atoms with E-state index >= 15 is 0 Å². The van der Waals surface area contributed by atoms with Crippen LogP contribution in [0.25, 0.3) is 0 Å². The molecule has 0 unspecified atom stereocenters. The summed E-state index contributed by atoms with van der Waals surface area (Å²) in [5.74, 6) is 0.723. The molecule has 1 aliphatic rings. The molecule has 0 saturated carbocycles. The second kappa shape index (κ2) is 8.52. The number of nitrogens with zero attached hydrogens (tertiary/aromatic N) is 1. The third kappa shape index (κ3) is 4.85. The molecular formula is C21H25N3O2. The summed E-state index contributed by atoms with van der Waals surface area (Å²) in [6.07, 6.45) is 3.17. The zero-order chi connectivity index (χ0) is 18.4. The van der Waals surface area contributed by atoms with Gasteiger partial charge in [0.05, 0.1) is 0 Å². The van der Waals surface area contributed by atoms with Gasteiger partial charge in [0.2, 0.25) is 0 Å². The molecule has 0 aliphatic carbocycles. The molecule has 2 aromatic carbocycles. The highest BCUT2D eigenvalue weighted by molar-refractivity contribution is 5.94. The molecule has 0 spiro atoms. The first-order chi connectivity index (χ1) is 12.6. The van der Waals surface area contributed by atoms with Crippen LogP contribution in [0.1, 0.15) is 34.3 Å². The predicted molar refractivity (Wildman–Crippen MR) is 102 cm³/mol. The maximum Gasteiger partial charge on any atom is 0.312 e. The van der Waals surface area contributed by atoms with Crippen molar-refractivity contribution in [3.8, 4) is 0 Å². The van der Waals surface area contributed by atoms with Gasteiger partial charge in [-0.05, 0) is 48.4 Å². The number of rotatable bonds is 5. The highest BCUT2D eigenvalue weighted by atomic mass is 16.2. The van der Waals surface area contributed by atoms with Crippen molar-refractivity contribution in [1.82, 2.24) is 10.2 Å². The molecule has 1 saturated heterocycles. The number of hydrogen-bond acceptors (Lipinski definition) is 2. The van der Waals surface area contributed by atoms with E-state index in [1.807, 2.05) is 35.2 Å². The maximum absolute atomic E-state index is 12.7. The molecule has 0 radical (unpaired) electrons. The molecule has 1 fully saturated rings. The topological polar surface area (TPSA) is 75.4 Å². The van der Waals surface area contributed by atoms with E-state index in [0.29, 0.717) is 18.0 Å². The van der Waals surface area contributed by atoms with Crippen molar-refractivity contribution >= 4 is 11.9 Å². The molecule has 0 bridgehead atoms. The van der Waals surface area contributed by atoms with E-state index in [4.69, 9.17) is 5.73 Å². The van der Waals surface area contributed by atoms with Crippen LogP contribution in [-0.2, 0) is 13.0 Å². The molecule has 5 nitrogen and oxygen atoms in total. The van der Waals surface area contributed by atoms with Crippen molar-refractivity contribution in [1.29, 1.82) is 0 Å². The Hall–Kier alpha value is -2.82. The number of benzene rings is 2. The molecule has 3 N–H and O–H groups in total. The lowest BCUT2D eigenvalue weighted by atomic mass is 9.90. The van der Waals surface area contributed by atoms with Gasteiger partial charge in [-0.1, -0.05) is 42.5 Å². The fourth-order valence-electron chi connectivity index (χ4n) is 3.42. The second-order valence-electron chi connectivity index (χ2n) is 6.84. The van der Waals surface area contributed by atoms with E-state index < -0.39 is 6.03 Å². The molecule has 0 aromatic heterocycles. The summed E-state index contributed by atoms with van der Waals surface area (Å²) in [5.41, 5.74) is 8.05. The Balaban J connectivity index is 1.51. The summed E-state index contributed by atoms with van der Waals surface area (Å²) >= 11 is 0. The van der Waals surface area contributed by atoms with Gasteiger partial charge in [-0.15, -0.1) is 0 Å². The summed E-state index contributed by atoms with van der Waals surface area (Å²) in [7, 11) is 0. The van der Waals surface area contributed by atoms with E-state index in [2.05, 4.69) is 29.6 Å². The first kappa shape index (κ1) is 18.0. The molecule has 26 heavy (non-hydrogen) atoms. The molecule has 0 atom stereocenters. The van der Waals surface area contributed by atoms with Crippen molar-refractivity contribution in [2.75, 3.05) is 13.1 Å². The van der Waals surface area contributed by atoms with E-state index in [0.717, 1.165) is 37.9 Å². The number of hydrogen-bond donors (Lipinski definition) is 2. The van der Waals surface area contributed by atoms with Crippen LogP contribution in [0, 0.1) is 5.92 Å². The second-order valence-corrected chi connectivity index (χ2v) is 6.84. The highest BCUT2D eigenvalue weighted by Crippen LogP contribution is 2.23. The number of primary amides is 1. The van der Waals surface area contributed by atoms with E-state index in [9.17, 15) is 9.59 Å². The summed E-state index contributed by atoms with van der Waals surface area (Å²) in [4.78, 5) is 25.4. The van der Waals surface area contributed by atoms with Crippen LogP contribution in [0.3, 0.4) is 0 Å². The number of urea groups is 1. The fraction of sp³-hybridized carbons (Fsp3) is 0.333. The standard InChI is InChI=1S/C21H25N3O2/c22-21(26)23-15-18-6-8-19(9-7-18)20(25)24-12-10-17(11-13-24)14-16-4-2-1-3-5-16/h1-9,17H,10-15H2,(H3,22,23,26). The summed E-state index contributed by atoms with van der Waals surface area (Å²) in [5, 5.41) is 2.54. The lowest BCUT2D eigenvalue weighted by molar-refractivity contribution is 0.0690. The van der Waals surface area contributed by atoms with Crippen molar-refractivity contribution in [3.05, 3.63) is 71.3 Å². The third-order valence-corrected chi connectivity index (χ3v) is 4.94. The van der Waals surface area contributed by atoms with Gasteiger partial charge < -0.3 is 16.0 Å². The van der Waals surface area contributed by atoms with Gasteiger partial charge in [0.25, 0.3) is 5.91 Å². The highest BCUT2D eigenvalue weighted by Gasteiger charge is 2.23. The number of nitrogens with one attached hydrogen (secondary N) is 1. The Bertz CT molecular complexity index is 736. The minimum atomic E-state index is -0.552. The first-order valence-corrected chi connectivity index (χ1v) is 9.07. The molecule has 136 valence electrons. The predicted octanol–water partition coefficient (Wildman–Crippen LogP) is 2.95. The van der Waals surface area contributed by atoms with Gasteiger partial charge in [0.1, 0.15) is 0 Å². The van der Waals surface area contributed by atoms with E-state index in [1.54, 1.807) is 0 Å². The number of likely N-dealkylation sites (tertiary alicyclic amines) is 1. The lowest BCUT2D eigenvalue weighted by Gasteiger charge is -2.32. The summed E-state index contributed by atoms with van der Waals surface area (Å²) in [6.45, 7) is 1.98. The van der Waals surface area contributed by atoms with Crippen molar-refractivity contribution in [2.45, 2.75) is 25.8 Å². The SMILES string of the molecule is NC(=O)NCc1ccc(C(=O)N2CCC(Cc3ccccc3)CC2)cc1. The van der Waals surface area contributed by atoms with Crippen LogP contribution in [0.4, 0.5) is 4.79 Å². The Morgan fingerprint density at radius 3 is 2.23 bits per heavy atom. The molecular weight excluding hydrogens is 326 g/mol. The van der Waals surface area contributed by atoms with Crippen molar-refractivity contribution in [2.24, 2.45) is 11.7 Å². The number of amides is 3. The first-order valence-electron chi connectivity index (χ1n) is 9.07. The number of carbonyl (C=O) groups excluding carboxylic acids is 2. The average molecular weight is 351 g/mol. The van der Waals surface area contributed by atoms with E-state index in [-0.39, 0.29) is 5.91 Å². The number of nitrogens with two attached hydrogens (primary N) is 1. The number of piperidine rings is 1. The minimum absolute atomic E-state index is 0.0811. The normalized spacial score (nSPS) is 14.8. The minimum Gasteiger partial charge on any atom is -0.352 e. The van der Waals surface area contributed by atoms with Crippen LogP contribution in [-0.4, -0.2) is 29.9 Å². The van der Waals surface area contributed by atoms with Gasteiger partial charge in [-0.2, -0.15) is 0 Å². The van der Waals surface area contributed by atoms with Gasteiger partial charge in [0, 0.05) is 25.2 Å². The van der Waals surface area contributed by atoms with Crippen LogP contribution in [0.2, 0.25) is 0 Å². The third-order valence-electron chi connectivity index (χ3n) is 4.94. The van der Waals surface area contributed by atoms with Crippen molar-refractivity contribution < 1.29 is 9.59 Å². The fourth-order valence-corrected chi connectivity index (χ4v) is 3.42. The molecule has 1 heterocycles. The van der Waals surface area contributed by atoms with Crippen LogP contribution < -0.4 is 11.1 Å². The van der Waals surface area contributed by atoms with Gasteiger partial charge in [0.15, 0.2) is 0 Å². The lowest BCUT2D eigenvalue weighted by Crippen LogP contribution is -2.38. The van der Waals surface area contributed by atoms with Gasteiger partial charge in [-0.3, -0.25) is 4.79 Å². The van der Waals surface area contributed by atoms with Gasteiger partial charge in [-0.25, -0.2) is 4.79 Å². The van der Waals surface area contributed by atoms with Crippen molar-refractivity contribution in [3.63, 3.8) is 0 Å². The zero-order valence-corrected chi connectivity index (χ0v) is 14.9. The molecule has 5 heteroatoms. The molecule has 2 aromatic rings. The van der Waals surface area contributed by atoms with E-state index in [1.165, 1.54) is 5.56 Å². The largest absolute Gasteiger partial charge is 0.352 e. The quantitative estimate of drug-likeness (QED) is 0.869. The van der Waals surface area contributed by atoms with Gasteiger partial charge >= 0.3 is 6.03 Å². The Morgan fingerprint density at radius 1 is 0.962 bits per heavy atom. The van der Waals surface area contributed by atoms with Crippen LogP contribution >= 0.6 is 0 Å². The van der Waals surface area contributed by atoms with Crippen LogP contribution in [0.15, 0.2) is 54.6 Å². The zero-order valence-electron chi connectivity index (χ0n) is 14.9. The molecule has 1 aliphatic heterocycles. The average Bonchev–Trinajstić information content (AvgIpc) is 2.68. The van der Waals surface area contributed by atoms with Crippen LogP contribution in [0.5, 0.6) is 0 Å². The monoisotopic (exact) mass is 351 g/mol. The summed E-state index contributed by atoms with van der Waals surface area (Å²) < 4.78 is 0. The maximum atomic E-state index is 12.7. The smallest absolute Gasteiger partial charge is 0.312 e. The summed E-state index contributed by atoms with van der Waals surface area (Å²) in [6, 6.07) is 17.3. The Kier molecular flexibility index (Phi) is 5.89. The Morgan fingerprint density at radius 2 is 1.62 bits per heavy atom. The molecule has 3 amide bonds. The number of carbonyl (C=O) groups is 2. The molecule has 3 rings (SSSR count).